The molecule has 4 heteroatoms. The van der Waals surface area contributed by atoms with Crippen molar-refractivity contribution in [2.24, 2.45) is 11.3 Å². The van der Waals surface area contributed by atoms with Crippen molar-refractivity contribution in [3.05, 3.63) is 0 Å². The van der Waals surface area contributed by atoms with E-state index in [-0.39, 0.29) is 6.61 Å². The summed E-state index contributed by atoms with van der Waals surface area (Å²) in [6, 6.07) is 0. The molecular weight excluding hydrogens is 170 g/mol. The first-order valence-electron chi connectivity index (χ1n) is 4.75. The number of β-amino-alcohol motifs (C(OH)–C–C–N with tert-alkyl or cyclic N) is 1. The molecule has 1 saturated carbocycles. The minimum atomic E-state index is -0.653. The Hall–Kier alpha value is -0.610. The zero-order chi connectivity index (χ0) is 9.47. The number of rotatable bonds is 3. The zero-order valence-electron chi connectivity index (χ0n) is 7.57. The van der Waals surface area contributed by atoms with E-state index in [2.05, 4.69) is 4.90 Å². The minimum absolute atomic E-state index is 0.125. The molecule has 1 aliphatic carbocycles. The molecule has 2 atom stereocenters. The Morgan fingerprint density at radius 2 is 2.38 bits per heavy atom. The summed E-state index contributed by atoms with van der Waals surface area (Å²) in [6.45, 7) is 2.32. The summed E-state index contributed by atoms with van der Waals surface area (Å²) in [6.07, 6.45) is 1.82. The molecule has 0 aromatic carbocycles. The number of carboxylic acid groups (broad SMARTS) is 1. The van der Waals surface area contributed by atoms with Gasteiger partial charge in [-0.05, 0) is 25.3 Å². The Morgan fingerprint density at radius 3 is 3.00 bits per heavy atom. The van der Waals surface area contributed by atoms with Crippen LogP contribution in [0.5, 0.6) is 0 Å². The number of aliphatic hydroxyl groups is 1. The molecule has 0 amide bonds. The third-order valence-electron chi connectivity index (χ3n) is 3.37. The second-order valence-electron chi connectivity index (χ2n) is 4.15. The summed E-state index contributed by atoms with van der Waals surface area (Å²) in [5.74, 6) is -0.250. The number of aliphatic carboxylic acids is 1. The zero-order valence-corrected chi connectivity index (χ0v) is 7.57. The summed E-state index contributed by atoms with van der Waals surface area (Å²) in [4.78, 5) is 13.0. The maximum Gasteiger partial charge on any atom is 0.311 e. The summed E-state index contributed by atoms with van der Waals surface area (Å²) in [5.41, 5.74) is -0.451. The number of aliphatic hydroxyl groups excluding tert-OH is 1. The molecule has 0 bridgehead atoms. The van der Waals surface area contributed by atoms with Crippen LogP contribution in [-0.2, 0) is 4.79 Å². The SMILES string of the molecule is O=C(O)C12CC1CCN(CCO)C2. The first-order valence-corrected chi connectivity index (χ1v) is 4.75. The van der Waals surface area contributed by atoms with Crippen molar-refractivity contribution in [1.82, 2.24) is 4.90 Å². The van der Waals surface area contributed by atoms with Gasteiger partial charge in [0.25, 0.3) is 0 Å². The predicted molar refractivity (Wildman–Crippen MR) is 46.3 cm³/mol. The summed E-state index contributed by atoms with van der Waals surface area (Å²) >= 11 is 0. The summed E-state index contributed by atoms with van der Waals surface area (Å²) < 4.78 is 0. The fourth-order valence-electron chi connectivity index (χ4n) is 2.43. The van der Waals surface area contributed by atoms with Crippen molar-refractivity contribution in [3.8, 4) is 0 Å². The molecule has 0 aromatic rings. The van der Waals surface area contributed by atoms with Gasteiger partial charge in [0.1, 0.15) is 0 Å². The quantitative estimate of drug-likeness (QED) is 0.638. The second-order valence-corrected chi connectivity index (χ2v) is 4.15. The molecule has 2 aliphatic rings. The molecule has 2 rings (SSSR count). The molecular formula is C9H15NO3. The van der Waals surface area contributed by atoms with Crippen LogP contribution in [0.4, 0.5) is 0 Å². The number of hydrogen-bond acceptors (Lipinski definition) is 3. The van der Waals surface area contributed by atoms with Crippen LogP contribution >= 0.6 is 0 Å². The van der Waals surface area contributed by atoms with Gasteiger partial charge in [-0.2, -0.15) is 0 Å². The maximum atomic E-state index is 11.0. The first kappa shape index (κ1) is 8.97. The van der Waals surface area contributed by atoms with E-state index in [1.54, 1.807) is 0 Å². The predicted octanol–water partition coefficient (Wildman–Crippen LogP) is -0.225. The van der Waals surface area contributed by atoms with Gasteiger partial charge in [-0.25, -0.2) is 0 Å². The van der Waals surface area contributed by atoms with Crippen molar-refractivity contribution in [2.75, 3.05) is 26.2 Å². The van der Waals surface area contributed by atoms with Crippen molar-refractivity contribution < 1.29 is 15.0 Å². The highest BCUT2D eigenvalue weighted by Gasteiger charge is 2.62. The molecule has 4 nitrogen and oxygen atoms in total. The third kappa shape index (κ3) is 1.34. The maximum absolute atomic E-state index is 11.0. The van der Waals surface area contributed by atoms with E-state index >= 15 is 0 Å². The Kier molecular flexibility index (Phi) is 2.04. The van der Waals surface area contributed by atoms with Crippen LogP contribution in [0.1, 0.15) is 12.8 Å². The smallest absolute Gasteiger partial charge is 0.311 e. The number of piperidine rings is 1. The van der Waals surface area contributed by atoms with Crippen LogP contribution in [0.2, 0.25) is 0 Å². The highest BCUT2D eigenvalue weighted by molar-refractivity contribution is 5.79. The van der Waals surface area contributed by atoms with Crippen LogP contribution < -0.4 is 0 Å². The second kappa shape index (κ2) is 2.96. The van der Waals surface area contributed by atoms with Gasteiger partial charge in [-0.15, -0.1) is 0 Å². The lowest BCUT2D eigenvalue weighted by atomic mass is 9.97. The molecule has 13 heavy (non-hydrogen) atoms. The van der Waals surface area contributed by atoms with Crippen LogP contribution in [0.15, 0.2) is 0 Å². The van der Waals surface area contributed by atoms with Gasteiger partial charge < -0.3 is 10.2 Å². The van der Waals surface area contributed by atoms with Gasteiger partial charge in [0.05, 0.1) is 12.0 Å². The number of fused-ring (bicyclic) bond motifs is 1. The molecule has 2 N–H and O–H groups in total. The minimum Gasteiger partial charge on any atom is -0.481 e. The molecule has 74 valence electrons. The number of nitrogens with zero attached hydrogens (tertiary/aromatic N) is 1. The monoisotopic (exact) mass is 185 g/mol. The van der Waals surface area contributed by atoms with Crippen molar-refractivity contribution in [1.29, 1.82) is 0 Å². The highest BCUT2D eigenvalue weighted by Crippen LogP contribution is 2.57. The average Bonchev–Trinajstić information content (AvgIpc) is 2.79. The normalized spacial score (nSPS) is 38.4. The van der Waals surface area contributed by atoms with Gasteiger partial charge in [-0.3, -0.25) is 9.69 Å². The van der Waals surface area contributed by atoms with Gasteiger partial charge >= 0.3 is 5.97 Å². The fraction of sp³-hybridized carbons (Fsp3) is 0.889. The van der Waals surface area contributed by atoms with Gasteiger partial charge in [0.15, 0.2) is 0 Å². The molecule has 1 heterocycles. The van der Waals surface area contributed by atoms with Crippen LogP contribution in [-0.4, -0.2) is 47.3 Å². The Balaban J connectivity index is 1.98. The van der Waals surface area contributed by atoms with Crippen LogP contribution in [0.25, 0.3) is 0 Å². The topological polar surface area (TPSA) is 60.8 Å². The van der Waals surface area contributed by atoms with E-state index in [0.717, 1.165) is 19.4 Å². The standard InChI is InChI=1S/C9H15NO3/c11-4-3-10-2-1-7-5-9(7,6-10)8(12)13/h7,11H,1-6H2,(H,12,13). The number of hydrogen-bond donors (Lipinski definition) is 2. The largest absolute Gasteiger partial charge is 0.481 e. The Bertz CT molecular complexity index is 231. The average molecular weight is 185 g/mol. The lowest BCUT2D eigenvalue weighted by Crippen LogP contribution is -2.41. The van der Waals surface area contributed by atoms with Crippen molar-refractivity contribution in [3.63, 3.8) is 0 Å². The third-order valence-corrected chi connectivity index (χ3v) is 3.37. The van der Waals surface area contributed by atoms with E-state index in [1.165, 1.54) is 0 Å². The van der Waals surface area contributed by atoms with Crippen molar-refractivity contribution >= 4 is 5.97 Å². The number of likely N-dealkylation sites (tertiary alicyclic amines) is 1. The summed E-state index contributed by atoms with van der Waals surface area (Å²) in [5, 5.41) is 17.8. The van der Waals surface area contributed by atoms with E-state index in [9.17, 15) is 4.79 Å². The van der Waals surface area contributed by atoms with Crippen molar-refractivity contribution in [2.45, 2.75) is 12.8 Å². The van der Waals surface area contributed by atoms with Gasteiger partial charge in [0, 0.05) is 13.1 Å². The van der Waals surface area contributed by atoms with E-state index in [0.29, 0.717) is 19.0 Å². The van der Waals surface area contributed by atoms with E-state index in [4.69, 9.17) is 10.2 Å². The van der Waals surface area contributed by atoms with E-state index in [1.807, 2.05) is 0 Å². The number of carboxylic acids is 1. The van der Waals surface area contributed by atoms with Gasteiger partial charge in [-0.1, -0.05) is 0 Å². The lowest BCUT2D eigenvalue weighted by Gasteiger charge is -2.29. The molecule has 1 aliphatic heterocycles. The molecule has 2 unspecified atom stereocenters. The molecule has 0 radical (unpaired) electrons. The summed E-state index contributed by atoms with van der Waals surface area (Å²) in [7, 11) is 0. The van der Waals surface area contributed by atoms with Crippen LogP contribution in [0.3, 0.4) is 0 Å². The molecule has 0 aromatic heterocycles. The molecule has 1 saturated heterocycles. The van der Waals surface area contributed by atoms with E-state index < -0.39 is 11.4 Å². The Morgan fingerprint density at radius 1 is 1.62 bits per heavy atom. The van der Waals surface area contributed by atoms with Crippen LogP contribution in [0, 0.1) is 11.3 Å². The molecule has 2 fully saturated rings. The first-order chi connectivity index (χ1) is 6.19. The van der Waals surface area contributed by atoms with Gasteiger partial charge in [0.2, 0.25) is 0 Å². The highest BCUT2D eigenvalue weighted by atomic mass is 16.4. The molecule has 0 spiro atoms. The Labute approximate surface area is 77.2 Å². The lowest BCUT2D eigenvalue weighted by molar-refractivity contribution is -0.145. The number of carbonyl (C=O) groups is 1. The fourth-order valence-corrected chi connectivity index (χ4v) is 2.43.